The van der Waals surface area contributed by atoms with E-state index in [9.17, 15) is 34.4 Å². The summed E-state index contributed by atoms with van der Waals surface area (Å²) in [6.07, 6.45) is 5.37. The summed E-state index contributed by atoms with van der Waals surface area (Å²) in [7, 11) is 0. The summed E-state index contributed by atoms with van der Waals surface area (Å²) in [5, 5.41) is 25.0. The number of aliphatic hydroxyl groups excluding tert-OH is 1. The van der Waals surface area contributed by atoms with Gasteiger partial charge in [0.2, 0.25) is 18.2 Å². The highest BCUT2D eigenvalue weighted by molar-refractivity contribution is 7.99. The van der Waals surface area contributed by atoms with Crippen LogP contribution in [-0.2, 0) is 32.3 Å². The van der Waals surface area contributed by atoms with Gasteiger partial charge in [-0.25, -0.2) is 9.78 Å². The standard InChI is InChI=1S/C32H29N9O8S2/c1-16-24(28(40-27(16)25(17(2)42)30(40)45)32(46)49-14-18-3-5-20(6-4-18)41(47)48)22-12-39-15-35-26(31(39)51-22)29(44)19-9-21(50-8-7-36-37-34)11-38(10-19)13-23(33)43/h3-6,9-12,15-17,25,27,42H,7-8,13-14H2,1-2H3,(H-,33,43)/p+1/t16-,17+,25+,27+/m0/s1. The molecule has 0 bridgehead atoms. The van der Waals surface area contributed by atoms with E-state index in [1.165, 1.54) is 76.3 Å². The SMILES string of the molecule is C[C@@H](O)[C@H]1C(=O)N2C(C(=O)OCc3ccc([N+](=O)[O-])cc3)=C(c3cn4cnc(C(=O)c5cc(SCCN=[N+]=[N-])c[n+](CC(N)=O)c5)c4s3)[C@H](C)[C@H]12. The number of thioether (sulfide) groups is 1. The fourth-order valence-corrected chi connectivity index (χ4v) is 8.40. The molecule has 0 spiro atoms. The minimum Gasteiger partial charge on any atom is -0.456 e. The summed E-state index contributed by atoms with van der Waals surface area (Å²) in [6, 6.07) is 6.68. The number of esters is 1. The number of hydrogen-bond donors (Lipinski definition) is 2. The summed E-state index contributed by atoms with van der Waals surface area (Å²) < 4.78 is 8.77. The van der Waals surface area contributed by atoms with Gasteiger partial charge in [0, 0.05) is 47.0 Å². The third-order valence-electron chi connectivity index (χ3n) is 8.59. The van der Waals surface area contributed by atoms with Crippen molar-refractivity contribution in [3.63, 3.8) is 0 Å². The number of hydrogen-bond acceptors (Lipinski definition) is 12. The van der Waals surface area contributed by atoms with Crippen LogP contribution in [0.15, 0.2) is 71.0 Å². The molecule has 51 heavy (non-hydrogen) atoms. The first-order valence-electron chi connectivity index (χ1n) is 15.5. The van der Waals surface area contributed by atoms with Crippen LogP contribution in [0.2, 0.25) is 0 Å². The zero-order valence-corrected chi connectivity index (χ0v) is 28.7. The van der Waals surface area contributed by atoms with Gasteiger partial charge in [-0.1, -0.05) is 12.0 Å². The molecule has 19 heteroatoms. The van der Waals surface area contributed by atoms with Gasteiger partial charge in [0.05, 0.1) is 38.3 Å². The van der Waals surface area contributed by atoms with Gasteiger partial charge in [0.25, 0.3) is 11.6 Å². The van der Waals surface area contributed by atoms with E-state index in [4.69, 9.17) is 16.0 Å². The molecule has 0 unspecified atom stereocenters. The molecule has 17 nitrogen and oxygen atoms in total. The minimum atomic E-state index is -0.962. The number of pyridine rings is 1. The molecular formula is C32H30N9O8S2+. The van der Waals surface area contributed by atoms with Crippen molar-refractivity contribution in [2.24, 2.45) is 22.7 Å². The quantitative estimate of drug-likeness (QED) is 0.0164. The van der Waals surface area contributed by atoms with E-state index in [2.05, 4.69) is 15.0 Å². The van der Waals surface area contributed by atoms with Crippen LogP contribution in [0.1, 0.15) is 40.3 Å². The monoisotopic (exact) mass is 732 g/mol. The number of amides is 2. The average Bonchev–Trinajstić information content (AvgIpc) is 3.74. The maximum Gasteiger partial charge on any atom is 0.355 e. The Morgan fingerprint density at radius 3 is 2.71 bits per heavy atom. The second-order valence-electron chi connectivity index (χ2n) is 11.9. The lowest BCUT2D eigenvalue weighted by molar-refractivity contribution is -0.686. The number of non-ortho nitro benzene ring substituents is 1. The fourth-order valence-electron chi connectivity index (χ4n) is 6.36. The molecule has 2 aliphatic heterocycles. The Morgan fingerprint density at radius 1 is 1.29 bits per heavy atom. The highest BCUT2D eigenvalue weighted by Gasteiger charge is 2.60. The van der Waals surface area contributed by atoms with E-state index in [-0.39, 0.29) is 42.3 Å². The molecule has 2 aliphatic rings. The maximum atomic E-state index is 13.9. The topological polar surface area (TPSA) is 240 Å². The number of carbonyl (C=O) groups is 4. The molecule has 1 fully saturated rings. The maximum absolute atomic E-state index is 13.9. The van der Waals surface area contributed by atoms with E-state index in [0.29, 0.717) is 31.5 Å². The number of nitrogens with two attached hydrogens (primary N) is 1. The zero-order chi connectivity index (χ0) is 36.6. The third-order valence-corrected chi connectivity index (χ3v) is 10.7. The van der Waals surface area contributed by atoms with Gasteiger partial charge in [-0.3, -0.25) is 28.9 Å². The normalized spacial score (nSPS) is 18.6. The van der Waals surface area contributed by atoms with Crippen LogP contribution in [0.4, 0.5) is 5.69 Å². The number of nitro groups is 1. The number of rotatable bonds is 14. The van der Waals surface area contributed by atoms with E-state index >= 15 is 0 Å². The number of ketones is 1. The van der Waals surface area contributed by atoms with Gasteiger partial charge in [0.15, 0.2) is 12.4 Å². The summed E-state index contributed by atoms with van der Waals surface area (Å²) in [4.78, 5) is 73.3. The molecular weight excluding hydrogens is 703 g/mol. The number of nitrogens with zero attached hydrogens (tertiary/aromatic N) is 8. The number of fused-ring (bicyclic) bond motifs is 2. The fraction of sp³-hybridized carbons (Fsp3) is 0.312. The van der Waals surface area contributed by atoms with Crippen molar-refractivity contribution in [1.29, 1.82) is 0 Å². The molecule has 3 N–H and O–H groups in total. The Balaban J connectivity index is 1.34. The van der Waals surface area contributed by atoms with E-state index < -0.39 is 52.5 Å². The average molecular weight is 733 g/mol. The van der Waals surface area contributed by atoms with Crippen molar-refractivity contribution in [1.82, 2.24) is 14.3 Å². The number of benzene rings is 1. The number of nitro benzene ring substituents is 1. The number of imidazole rings is 1. The lowest BCUT2D eigenvalue weighted by atomic mass is 9.77. The first kappa shape index (κ1) is 35.2. The second-order valence-corrected chi connectivity index (χ2v) is 14.1. The van der Waals surface area contributed by atoms with Gasteiger partial charge in [0.1, 0.15) is 29.2 Å². The molecule has 3 aromatic heterocycles. The van der Waals surface area contributed by atoms with Gasteiger partial charge < -0.3 is 20.5 Å². The van der Waals surface area contributed by atoms with Crippen LogP contribution in [0.3, 0.4) is 0 Å². The smallest absolute Gasteiger partial charge is 0.355 e. The minimum absolute atomic E-state index is 0.0274. The van der Waals surface area contributed by atoms with Crippen LogP contribution in [-0.4, -0.2) is 72.3 Å². The molecule has 4 atom stereocenters. The largest absolute Gasteiger partial charge is 0.456 e. The van der Waals surface area contributed by atoms with Gasteiger partial charge in [-0.2, -0.15) is 4.57 Å². The number of primary amides is 1. The van der Waals surface area contributed by atoms with Crippen molar-refractivity contribution >= 4 is 62.8 Å². The van der Waals surface area contributed by atoms with E-state index in [1.54, 1.807) is 22.9 Å². The number of aliphatic hydroxyl groups is 1. The molecule has 0 saturated carbocycles. The molecule has 1 aromatic carbocycles. The Morgan fingerprint density at radius 2 is 2.04 bits per heavy atom. The van der Waals surface area contributed by atoms with Gasteiger partial charge >= 0.3 is 5.97 Å². The van der Waals surface area contributed by atoms with Crippen LogP contribution < -0.4 is 10.3 Å². The van der Waals surface area contributed by atoms with Crippen molar-refractivity contribution in [2.75, 3.05) is 12.3 Å². The number of thiazole rings is 1. The highest BCUT2D eigenvalue weighted by Crippen LogP contribution is 2.52. The number of carbonyl (C=O) groups excluding carboxylic acids is 4. The van der Waals surface area contributed by atoms with Crippen molar-refractivity contribution < 1.29 is 38.5 Å². The third kappa shape index (κ3) is 6.79. The van der Waals surface area contributed by atoms with Gasteiger partial charge in [-0.15, -0.1) is 23.1 Å². The second kappa shape index (κ2) is 14.3. The predicted octanol–water partition coefficient (Wildman–Crippen LogP) is 3.02. The molecule has 4 aromatic rings. The number of aromatic nitrogens is 3. The lowest BCUT2D eigenvalue weighted by Crippen LogP contribution is -2.63. The van der Waals surface area contributed by atoms with Crippen LogP contribution in [0.25, 0.3) is 20.8 Å². The molecule has 6 rings (SSSR count). The first-order valence-corrected chi connectivity index (χ1v) is 17.3. The van der Waals surface area contributed by atoms with E-state index in [0.717, 1.165) is 0 Å². The summed E-state index contributed by atoms with van der Waals surface area (Å²) in [6.45, 7) is 3.22. The van der Waals surface area contributed by atoms with Crippen molar-refractivity contribution in [3.05, 3.63) is 103 Å². The molecule has 2 amide bonds. The summed E-state index contributed by atoms with van der Waals surface area (Å²) in [5.41, 5.74) is 15.3. The highest BCUT2D eigenvalue weighted by atomic mass is 32.2. The summed E-state index contributed by atoms with van der Waals surface area (Å²) in [5.74, 6) is -2.94. The predicted molar refractivity (Wildman–Crippen MR) is 182 cm³/mol. The zero-order valence-electron chi connectivity index (χ0n) is 27.1. The molecule has 0 aliphatic carbocycles. The molecule has 1 saturated heterocycles. The van der Waals surface area contributed by atoms with E-state index in [1.807, 2.05) is 6.92 Å². The number of azide groups is 1. The Hall–Kier alpha value is -5.62. The van der Waals surface area contributed by atoms with Crippen LogP contribution in [0.5, 0.6) is 0 Å². The van der Waals surface area contributed by atoms with Crippen LogP contribution >= 0.6 is 23.1 Å². The lowest BCUT2D eigenvalue weighted by Gasteiger charge is -2.46. The van der Waals surface area contributed by atoms with Crippen LogP contribution in [0, 0.1) is 22.0 Å². The Kier molecular flexibility index (Phi) is 9.88. The summed E-state index contributed by atoms with van der Waals surface area (Å²) >= 11 is 2.52. The van der Waals surface area contributed by atoms with Gasteiger partial charge in [-0.05, 0) is 36.2 Å². The Bertz CT molecular complexity index is 2170. The molecule has 262 valence electrons. The first-order chi connectivity index (χ1) is 24.4. The number of β-lactam (4-membered cyclic amide) rings is 1. The Labute approximate surface area is 297 Å². The van der Waals surface area contributed by atoms with Crippen molar-refractivity contribution in [3.8, 4) is 0 Å². The molecule has 5 heterocycles. The van der Waals surface area contributed by atoms with Crippen molar-refractivity contribution in [2.45, 2.75) is 44.0 Å². The molecule has 0 radical (unpaired) electrons. The number of ether oxygens (including phenoxy) is 1.